The van der Waals surface area contributed by atoms with Gasteiger partial charge in [0, 0.05) is 56.4 Å². The van der Waals surface area contributed by atoms with Crippen LogP contribution in [0.25, 0.3) is 0 Å². The maximum Gasteiger partial charge on any atom is 0.338 e. The SMILES string of the molecule is CCN1CC2CCC(OC)C34C2CC(C13)C1(O)CC(OC)C2CC4C1C2OC(=O)c1ccc(OC)cc1. The summed E-state index contributed by atoms with van der Waals surface area (Å²) >= 11 is 0. The molecular formula is C30H41NO6. The summed E-state index contributed by atoms with van der Waals surface area (Å²) in [5, 5.41) is 12.8. The average Bonchev–Trinajstić information content (AvgIpc) is 3.35. The molecule has 1 spiro atoms. The van der Waals surface area contributed by atoms with Crippen LogP contribution in [0.2, 0.25) is 0 Å². The number of esters is 1. The molecule has 1 aromatic rings. The minimum atomic E-state index is -0.906. The van der Waals surface area contributed by atoms with E-state index in [2.05, 4.69) is 11.8 Å². The van der Waals surface area contributed by atoms with Crippen molar-refractivity contribution in [1.29, 1.82) is 0 Å². The molecule has 7 rings (SSSR count). The van der Waals surface area contributed by atoms with Gasteiger partial charge < -0.3 is 24.1 Å². The van der Waals surface area contributed by atoms with Crippen LogP contribution in [0, 0.1) is 40.9 Å². The fourth-order valence-electron chi connectivity index (χ4n) is 11.0. The van der Waals surface area contributed by atoms with E-state index in [-0.39, 0.29) is 53.4 Å². The van der Waals surface area contributed by atoms with Gasteiger partial charge in [0.1, 0.15) is 11.9 Å². The van der Waals surface area contributed by atoms with Crippen molar-refractivity contribution >= 4 is 5.97 Å². The minimum absolute atomic E-state index is 0.00957. The largest absolute Gasteiger partial charge is 0.497 e. The van der Waals surface area contributed by atoms with E-state index in [0.717, 1.165) is 32.4 Å². The molecule has 0 aromatic heterocycles. The van der Waals surface area contributed by atoms with Gasteiger partial charge in [-0.1, -0.05) is 6.92 Å². The fourth-order valence-corrected chi connectivity index (χ4v) is 11.0. The summed E-state index contributed by atoms with van der Waals surface area (Å²) in [6, 6.07) is 7.42. The number of aliphatic hydroxyl groups is 1. The molecule has 5 saturated carbocycles. The highest BCUT2D eigenvalue weighted by Crippen LogP contribution is 2.77. The van der Waals surface area contributed by atoms with E-state index in [1.165, 1.54) is 6.42 Å². The van der Waals surface area contributed by atoms with Crippen molar-refractivity contribution in [2.45, 2.75) is 69.0 Å². The lowest BCUT2D eigenvalue weighted by Crippen LogP contribution is -2.74. The number of carbonyl (C=O) groups excluding carboxylic acids is 1. The minimum Gasteiger partial charge on any atom is -0.497 e. The summed E-state index contributed by atoms with van der Waals surface area (Å²) in [4.78, 5) is 16.1. The van der Waals surface area contributed by atoms with Crippen LogP contribution >= 0.6 is 0 Å². The van der Waals surface area contributed by atoms with Gasteiger partial charge in [0.15, 0.2) is 0 Å². The van der Waals surface area contributed by atoms with Crippen LogP contribution in [0.4, 0.5) is 0 Å². The summed E-state index contributed by atoms with van der Waals surface area (Å²) in [5.74, 6) is 2.03. The summed E-state index contributed by atoms with van der Waals surface area (Å²) in [6.07, 6.45) is 4.62. The average molecular weight is 512 g/mol. The highest BCUT2D eigenvalue weighted by atomic mass is 16.6. The smallest absolute Gasteiger partial charge is 0.338 e. The first kappa shape index (κ1) is 24.4. The topological polar surface area (TPSA) is 77.5 Å². The molecule has 12 atom stereocenters. The number of carbonyl (C=O) groups is 1. The van der Waals surface area contributed by atoms with Crippen molar-refractivity contribution in [2.75, 3.05) is 34.4 Å². The van der Waals surface area contributed by atoms with Gasteiger partial charge in [-0.25, -0.2) is 4.79 Å². The normalized spacial score (nSPS) is 49.1. The van der Waals surface area contributed by atoms with Crippen LogP contribution in [0.5, 0.6) is 5.75 Å². The lowest BCUT2D eigenvalue weighted by atomic mass is 9.46. The third kappa shape index (κ3) is 2.95. The Bertz CT molecular complexity index is 1060. The quantitative estimate of drug-likeness (QED) is 0.587. The molecule has 7 nitrogen and oxygen atoms in total. The molecule has 37 heavy (non-hydrogen) atoms. The molecule has 0 amide bonds. The zero-order valence-corrected chi connectivity index (χ0v) is 22.5. The second kappa shape index (κ2) is 8.41. The summed E-state index contributed by atoms with van der Waals surface area (Å²) in [6.45, 7) is 4.41. The van der Waals surface area contributed by atoms with Crippen LogP contribution in [-0.4, -0.2) is 80.3 Å². The van der Waals surface area contributed by atoms with Crippen LogP contribution in [-0.2, 0) is 14.2 Å². The molecule has 1 aliphatic heterocycles. The number of piperidine rings is 1. The van der Waals surface area contributed by atoms with Crippen LogP contribution in [0.3, 0.4) is 0 Å². The van der Waals surface area contributed by atoms with Crippen molar-refractivity contribution in [3.63, 3.8) is 0 Å². The molecule has 1 heterocycles. The van der Waals surface area contributed by atoms with Gasteiger partial charge in [-0.2, -0.15) is 0 Å². The van der Waals surface area contributed by atoms with E-state index in [1.54, 1.807) is 38.5 Å². The van der Waals surface area contributed by atoms with Crippen molar-refractivity contribution < 1.29 is 28.8 Å². The van der Waals surface area contributed by atoms with Crippen LogP contribution < -0.4 is 4.74 Å². The predicted octanol–water partition coefficient (Wildman–Crippen LogP) is 3.39. The van der Waals surface area contributed by atoms with Crippen molar-refractivity contribution in [2.24, 2.45) is 40.9 Å². The highest BCUT2D eigenvalue weighted by molar-refractivity contribution is 5.89. The Morgan fingerprint density at radius 3 is 2.51 bits per heavy atom. The molecule has 6 fully saturated rings. The molecular weight excluding hydrogens is 470 g/mol. The molecule has 202 valence electrons. The number of hydrogen-bond donors (Lipinski definition) is 1. The van der Waals surface area contributed by atoms with E-state index in [4.69, 9.17) is 18.9 Å². The Morgan fingerprint density at radius 2 is 1.84 bits per heavy atom. The van der Waals surface area contributed by atoms with Crippen molar-refractivity contribution in [3.05, 3.63) is 29.8 Å². The molecule has 7 heteroatoms. The fraction of sp³-hybridized carbons (Fsp3) is 0.767. The van der Waals surface area contributed by atoms with Crippen LogP contribution in [0.1, 0.15) is 49.4 Å². The third-order valence-corrected chi connectivity index (χ3v) is 12.0. The number of ether oxygens (including phenoxy) is 4. The van der Waals surface area contributed by atoms with Crippen LogP contribution in [0.15, 0.2) is 24.3 Å². The van der Waals surface area contributed by atoms with Gasteiger partial charge in [0.25, 0.3) is 0 Å². The Balaban J connectivity index is 1.32. The number of rotatable bonds is 6. The monoisotopic (exact) mass is 511 g/mol. The molecule has 1 aromatic carbocycles. The molecule has 0 radical (unpaired) electrons. The zero-order chi connectivity index (χ0) is 25.7. The zero-order valence-electron chi connectivity index (χ0n) is 22.5. The maximum atomic E-state index is 13.4. The van der Waals surface area contributed by atoms with Gasteiger partial charge in [-0.3, -0.25) is 4.90 Å². The lowest BCUT2D eigenvalue weighted by molar-refractivity contribution is -0.259. The first-order valence-electron chi connectivity index (χ1n) is 14.3. The van der Waals surface area contributed by atoms with Gasteiger partial charge >= 0.3 is 5.97 Å². The number of fused-ring (bicyclic) bond motifs is 2. The summed E-state index contributed by atoms with van der Waals surface area (Å²) < 4.78 is 24.1. The second-order valence-electron chi connectivity index (χ2n) is 12.6. The number of benzene rings is 1. The van der Waals surface area contributed by atoms with E-state index < -0.39 is 5.60 Å². The van der Waals surface area contributed by atoms with Gasteiger partial charge in [-0.05, 0) is 74.2 Å². The lowest BCUT2D eigenvalue weighted by Gasteiger charge is -2.67. The van der Waals surface area contributed by atoms with E-state index in [1.807, 2.05) is 7.11 Å². The summed E-state index contributed by atoms with van der Waals surface area (Å²) in [7, 11) is 5.25. The van der Waals surface area contributed by atoms with Gasteiger partial charge in [-0.15, -0.1) is 0 Å². The number of methoxy groups -OCH3 is 3. The standard InChI is InChI=1S/C30H41NO6/c1-5-31-15-17-8-11-24(36-4)30-20(17)13-22(27(30)31)29(33)14-23(35-3)19-12-21(30)25(29)26(19)37-28(32)16-6-9-18(34-2)10-7-16/h6-7,9-10,17,19-27,33H,5,8,11-15H2,1-4H3. The molecule has 1 N–H and O–H groups in total. The molecule has 5 aliphatic carbocycles. The van der Waals surface area contributed by atoms with Crippen molar-refractivity contribution in [1.82, 2.24) is 4.90 Å². The van der Waals surface area contributed by atoms with Gasteiger partial charge in [0.2, 0.25) is 0 Å². The molecule has 1 saturated heterocycles. The first-order chi connectivity index (χ1) is 17.9. The first-order valence-corrected chi connectivity index (χ1v) is 14.3. The van der Waals surface area contributed by atoms with Crippen molar-refractivity contribution in [3.8, 4) is 5.75 Å². The van der Waals surface area contributed by atoms with E-state index >= 15 is 0 Å². The molecule has 6 aliphatic rings. The maximum absolute atomic E-state index is 13.4. The number of nitrogens with zero attached hydrogens (tertiary/aromatic N) is 1. The summed E-state index contributed by atoms with van der Waals surface area (Å²) in [5.41, 5.74) is -0.383. The Hall–Kier alpha value is -1.67. The second-order valence-corrected chi connectivity index (χ2v) is 12.6. The number of hydrogen-bond acceptors (Lipinski definition) is 7. The van der Waals surface area contributed by atoms with E-state index in [0.29, 0.717) is 35.6 Å². The highest BCUT2D eigenvalue weighted by Gasteiger charge is 2.82. The van der Waals surface area contributed by atoms with Gasteiger partial charge in [0.05, 0.1) is 30.5 Å². The Labute approximate surface area is 219 Å². The third-order valence-electron chi connectivity index (χ3n) is 12.0. The number of likely N-dealkylation sites (tertiary alicyclic amines) is 1. The molecule has 7 bridgehead atoms. The Morgan fingerprint density at radius 1 is 1.05 bits per heavy atom. The predicted molar refractivity (Wildman–Crippen MR) is 136 cm³/mol. The van der Waals surface area contributed by atoms with E-state index in [9.17, 15) is 9.90 Å². The molecule has 12 unspecified atom stereocenters. The Kier molecular flexibility index (Phi) is 5.54.